The molecule has 1 heterocycles. The monoisotopic (exact) mass is 315 g/mol. The lowest BCUT2D eigenvalue weighted by molar-refractivity contribution is -0.137. The largest absolute Gasteiger partial charge is 0.481 e. The van der Waals surface area contributed by atoms with Crippen LogP contribution in [0, 0.1) is 0 Å². The third-order valence-electron chi connectivity index (χ3n) is 3.50. The quantitative estimate of drug-likeness (QED) is 0.784. The maximum absolute atomic E-state index is 12.4. The smallest absolute Gasteiger partial charge is 0.303 e. The second kappa shape index (κ2) is 8.12. The van der Waals surface area contributed by atoms with E-state index in [1.54, 1.807) is 10.9 Å². The van der Waals surface area contributed by atoms with Gasteiger partial charge in [-0.15, -0.1) is 0 Å². The highest BCUT2D eigenvalue weighted by Gasteiger charge is 2.18. The van der Waals surface area contributed by atoms with Crippen LogP contribution in [-0.4, -0.2) is 26.8 Å². The molecule has 122 valence electrons. The summed E-state index contributed by atoms with van der Waals surface area (Å²) < 4.78 is 1.73. The first-order valence-electron chi connectivity index (χ1n) is 7.70. The number of aliphatic carboxylic acids is 1. The summed E-state index contributed by atoms with van der Waals surface area (Å²) in [6.07, 6.45) is 4.51. The zero-order valence-electron chi connectivity index (χ0n) is 13.1. The van der Waals surface area contributed by atoms with Crippen molar-refractivity contribution in [2.24, 2.45) is 0 Å². The van der Waals surface area contributed by atoms with Crippen LogP contribution in [0.1, 0.15) is 48.1 Å². The average Bonchev–Trinajstić information content (AvgIpc) is 3.01. The molecule has 23 heavy (non-hydrogen) atoms. The molecule has 0 saturated heterocycles. The van der Waals surface area contributed by atoms with Crippen molar-refractivity contribution >= 4 is 11.9 Å². The molecular formula is C17H21N3O3. The van der Waals surface area contributed by atoms with Crippen molar-refractivity contribution in [2.75, 3.05) is 0 Å². The molecule has 0 fully saturated rings. The van der Waals surface area contributed by atoms with Crippen molar-refractivity contribution < 1.29 is 14.7 Å². The van der Waals surface area contributed by atoms with Crippen molar-refractivity contribution in [2.45, 2.75) is 38.8 Å². The van der Waals surface area contributed by atoms with Crippen LogP contribution in [0.4, 0.5) is 0 Å². The van der Waals surface area contributed by atoms with E-state index in [0.717, 1.165) is 18.5 Å². The standard InChI is InChI=1S/C17H21N3O3/c1-2-10-20-12-14(11-18-20)17(23)19-15(8-9-16(21)22)13-6-4-3-5-7-13/h3-7,11-12,15H,2,8-10H2,1H3,(H,19,23)(H,21,22). The van der Waals surface area contributed by atoms with Crippen molar-refractivity contribution in [1.82, 2.24) is 15.1 Å². The van der Waals surface area contributed by atoms with Crippen molar-refractivity contribution in [3.63, 3.8) is 0 Å². The molecular weight excluding hydrogens is 294 g/mol. The summed E-state index contributed by atoms with van der Waals surface area (Å²) in [4.78, 5) is 23.2. The van der Waals surface area contributed by atoms with E-state index in [-0.39, 0.29) is 18.4 Å². The number of benzene rings is 1. The van der Waals surface area contributed by atoms with Crippen LogP contribution in [0.5, 0.6) is 0 Å². The van der Waals surface area contributed by atoms with Gasteiger partial charge in [0, 0.05) is 19.2 Å². The van der Waals surface area contributed by atoms with Crippen LogP contribution in [0.15, 0.2) is 42.7 Å². The highest BCUT2D eigenvalue weighted by atomic mass is 16.4. The Morgan fingerprint density at radius 1 is 1.30 bits per heavy atom. The van der Waals surface area contributed by atoms with Gasteiger partial charge in [0.25, 0.3) is 5.91 Å². The number of carboxylic acid groups (broad SMARTS) is 1. The molecule has 2 N–H and O–H groups in total. The van der Waals surface area contributed by atoms with Gasteiger partial charge in [-0.05, 0) is 18.4 Å². The Kier molecular flexibility index (Phi) is 5.91. The molecule has 1 aromatic carbocycles. The molecule has 0 aliphatic carbocycles. The molecule has 0 saturated carbocycles. The predicted octanol–water partition coefficient (Wildman–Crippen LogP) is 2.63. The number of carbonyl (C=O) groups excluding carboxylic acids is 1. The number of nitrogens with zero attached hydrogens (tertiary/aromatic N) is 2. The molecule has 1 amide bonds. The Morgan fingerprint density at radius 3 is 2.70 bits per heavy atom. The first-order valence-corrected chi connectivity index (χ1v) is 7.70. The third-order valence-corrected chi connectivity index (χ3v) is 3.50. The summed E-state index contributed by atoms with van der Waals surface area (Å²) >= 11 is 0. The van der Waals surface area contributed by atoms with E-state index < -0.39 is 5.97 Å². The van der Waals surface area contributed by atoms with Gasteiger partial charge in [-0.3, -0.25) is 14.3 Å². The maximum Gasteiger partial charge on any atom is 0.303 e. The molecule has 2 rings (SSSR count). The van der Waals surface area contributed by atoms with Gasteiger partial charge in [-0.1, -0.05) is 37.3 Å². The zero-order valence-corrected chi connectivity index (χ0v) is 13.1. The molecule has 6 heteroatoms. The second-order valence-corrected chi connectivity index (χ2v) is 5.36. The van der Waals surface area contributed by atoms with Crippen LogP contribution >= 0.6 is 0 Å². The van der Waals surface area contributed by atoms with Gasteiger partial charge in [0.05, 0.1) is 17.8 Å². The Balaban J connectivity index is 2.09. The van der Waals surface area contributed by atoms with E-state index in [9.17, 15) is 9.59 Å². The summed E-state index contributed by atoms with van der Waals surface area (Å²) in [5, 5.41) is 15.9. The Hall–Kier alpha value is -2.63. The van der Waals surface area contributed by atoms with Crippen molar-refractivity contribution in [1.29, 1.82) is 0 Å². The lowest BCUT2D eigenvalue weighted by atomic mass is 10.0. The van der Waals surface area contributed by atoms with Gasteiger partial charge in [0.2, 0.25) is 0 Å². The van der Waals surface area contributed by atoms with Gasteiger partial charge in [0.1, 0.15) is 0 Å². The molecule has 1 aromatic heterocycles. The van der Waals surface area contributed by atoms with E-state index in [1.165, 1.54) is 6.20 Å². The fourth-order valence-electron chi connectivity index (χ4n) is 2.35. The van der Waals surface area contributed by atoms with Crippen molar-refractivity contribution in [3.05, 3.63) is 53.9 Å². The summed E-state index contributed by atoms with van der Waals surface area (Å²) in [5.41, 5.74) is 1.37. The second-order valence-electron chi connectivity index (χ2n) is 5.36. The fraction of sp³-hybridized carbons (Fsp3) is 0.353. The molecule has 0 spiro atoms. The highest BCUT2D eigenvalue weighted by molar-refractivity contribution is 5.94. The predicted molar refractivity (Wildman–Crippen MR) is 86.0 cm³/mol. The maximum atomic E-state index is 12.4. The van der Waals surface area contributed by atoms with E-state index in [1.807, 2.05) is 37.3 Å². The van der Waals surface area contributed by atoms with Crippen LogP contribution < -0.4 is 5.32 Å². The number of hydrogen-bond donors (Lipinski definition) is 2. The minimum Gasteiger partial charge on any atom is -0.481 e. The molecule has 0 aliphatic rings. The summed E-state index contributed by atoms with van der Waals surface area (Å²) in [7, 11) is 0. The van der Waals surface area contributed by atoms with Gasteiger partial charge < -0.3 is 10.4 Å². The Bertz CT molecular complexity index is 652. The number of carbonyl (C=O) groups is 2. The average molecular weight is 315 g/mol. The summed E-state index contributed by atoms with van der Waals surface area (Å²) in [5.74, 6) is -1.12. The minimum absolute atomic E-state index is 0.00502. The molecule has 0 radical (unpaired) electrons. The fourth-order valence-corrected chi connectivity index (χ4v) is 2.35. The van der Waals surface area contributed by atoms with Crippen LogP contribution in [-0.2, 0) is 11.3 Å². The Morgan fingerprint density at radius 2 is 2.04 bits per heavy atom. The lowest BCUT2D eigenvalue weighted by Gasteiger charge is -2.18. The number of nitrogens with one attached hydrogen (secondary N) is 1. The summed E-state index contributed by atoms with van der Waals surface area (Å²) in [6.45, 7) is 2.80. The van der Waals surface area contributed by atoms with E-state index in [0.29, 0.717) is 12.0 Å². The number of aryl methyl sites for hydroxylation is 1. The molecule has 1 atom stereocenters. The van der Waals surface area contributed by atoms with E-state index in [4.69, 9.17) is 5.11 Å². The topological polar surface area (TPSA) is 84.2 Å². The summed E-state index contributed by atoms with van der Waals surface area (Å²) in [6, 6.07) is 9.05. The van der Waals surface area contributed by atoms with Crippen LogP contribution in [0.2, 0.25) is 0 Å². The van der Waals surface area contributed by atoms with Crippen molar-refractivity contribution in [3.8, 4) is 0 Å². The molecule has 0 aliphatic heterocycles. The first kappa shape index (κ1) is 16.7. The zero-order chi connectivity index (χ0) is 16.7. The lowest BCUT2D eigenvalue weighted by Crippen LogP contribution is -2.28. The molecule has 2 aromatic rings. The molecule has 6 nitrogen and oxygen atoms in total. The number of rotatable bonds is 8. The third kappa shape index (κ3) is 4.95. The van der Waals surface area contributed by atoms with E-state index >= 15 is 0 Å². The first-order chi connectivity index (χ1) is 11.1. The highest BCUT2D eigenvalue weighted by Crippen LogP contribution is 2.19. The van der Waals surface area contributed by atoms with E-state index in [2.05, 4.69) is 10.4 Å². The minimum atomic E-state index is -0.879. The van der Waals surface area contributed by atoms with Crippen LogP contribution in [0.3, 0.4) is 0 Å². The normalized spacial score (nSPS) is 11.9. The Labute approximate surface area is 135 Å². The van der Waals surface area contributed by atoms with Gasteiger partial charge >= 0.3 is 5.97 Å². The van der Waals surface area contributed by atoms with Gasteiger partial charge in [-0.25, -0.2) is 0 Å². The molecule has 0 bridgehead atoms. The number of aromatic nitrogens is 2. The number of amides is 1. The van der Waals surface area contributed by atoms with Gasteiger partial charge in [0.15, 0.2) is 0 Å². The van der Waals surface area contributed by atoms with Crippen LogP contribution in [0.25, 0.3) is 0 Å². The number of carboxylic acids is 1. The van der Waals surface area contributed by atoms with Gasteiger partial charge in [-0.2, -0.15) is 5.10 Å². The number of hydrogen-bond acceptors (Lipinski definition) is 3. The molecule has 1 unspecified atom stereocenters. The SMILES string of the molecule is CCCn1cc(C(=O)NC(CCC(=O)O)c2ccccc2)cn1.